The topological polar surface area (TPSA) is 26.0 Å². The Kier molecular flexibility index (Phi) is 4.75. The van der Waals surface area contributed by atoms with Gasteiger partial charge in [0.15, 0.2) is 0 Å². The fourth-order valence-electron chi connectivity index (χ4n) is 1.24. The smallest absolute Gasteiger partial charge is 0.0346 e. The van der Waals surface area contributed by atoms with Gasteiger partial charge in [0.1, 0.15) is 0 Å². The van der Waals surface area contributed by atoms with Crippen LogP contribution in [0.1, 0.15) is 24.5 Å². The molecule has 1 aromatic carbocycles. The van der Waals surface area contributed by atoms with Gasteiger partial charge in [0.2, 0.25) is 0 Å². The van der Waals surface area contributed by atoms with Gasteiger partial charge in [-0.3, -0.25) is 0 Å². The van der Waals surface area contributed by atoms with E-state index in [0.29, 0.717) is 0 Å². The standard InChI is InChI=1S/C10H15N.ClH/c1-3-5-9-6-4-7-10(11)8(9)2;/h4,6-7H,3,5,11H2,1-2H3;1H. The second-order valence-electron chi connectivity index (χ2n) is 2.88. The molecule has 0 aromatic heterocycles. The summed E-state index contributed by atoms with van der Waals surface area (Å²) in [5.41, 5.74) is 9.29. The highest BCUT2D eigenvalue weighted by Crippen LogP contribution is 2.16. The third kappa shape index (κ3) is 2.42. The summed E-state index contributed by atoms with van der Waals surface area (Å²) in [7, 11) is 0. The van der Waals surface area contributed by atoms with Crippen molar-refractivity contribution >= 4 is 18.1 Å². The molecule has 0 amide bonds. The molecule has 12 heavy (non-hydrogen) atoms. The normalized spacial score (nSPS) is 9.17. The third-order valence-corrected chi connectivity index (χ3v) is 2.01. The molecule has 0 bridgehead atoms. The van der Waals surface area contributed by atoms with Crippen LogP contribution in [0.15, 0.2) is 18.2 Å². The average Bonchev–Trinajstić information content (AvgIpc) is 1.99. The van der Waals surface area contributed by atoms with E-state index in [1.807, 2.05) is 12.1 Å². The van der Waals surface area contributed by atoms with Gasteiger partial charge >= 0.3 is 0 Å². The highest BCUT2D eigenvalue weighted by atomic mass is 35.5. The molecule has 0 saturated heterocycles. The largest absolute Gasteiger partial charge is 0.399 e. The Labute approximate surface area is 80.4 Å². The molecular formula is C10H16ClN. The summed E-state index contributed by atoms with van der Waals surface area (Å²) in [6.07, 6.45) is 2.32. The van der Waals surface area contributed by atoms with Crippen molar-refractivity contribution in [2.24, 2.45) is 0 Å². The number of benzene rings is 1. The molecule has 1 aromatic rings. The number of hydrogen-bond donors (Lipinski definition) is 1. The Balaban J connectivity index is 0.00000121. The van der Waals surface area contributed by atoms with Crippen LogP contribution in [0.2, 0.25) is 0 Å². The Morgan fingerprint density at radius 2 is 2.00 bits per heavy atom. The molecule has 0 aliphatic carbocycles. The zero-order chi connectivity index (χ0) is 8.27. The van der Waals surface area contributed by atoms with E-state index >= 15 is 0 Å². The zero-order valence-electron chi connectivity index (χ0n) is 7.63. The molecule has 2 heteroatoms. The predicted octanol–water partition coefficient (Wildman–Crippen LogP) is 2.95. The average molecular weight is 186 g/mol. The number of rotatable bonds is 2. The van der Waals surface area contributed by atoms with Crippen LogP contribution in [-0.4, -0.2) is 0 Å². The van der Waals surface area contributed by atoms with Crippen LogP contribution >= 0.6 is 12.4 Å². The highest BCUT2D eigenvalue weighted by Gasteiger charge is 1.98. The fraction of sp³-hybridized carbons (Fsp3) is 0.400. The van der Waals surface area contributed by atoms with E-state index in [0.717, 1.165) is 12.1 Å². The van der Waals surface area contributed by atoms with Gasteiger partial charge in [0.05, 0.1) is 0 Å². The molecule has 68 valence electrons. The first kappa shape index (κ1) is 11.3. The van der Waals surface area contributed by atoms with Gasteiger partial charge < -0.3 is 5.73 Å². The number of nitrogen functional groups attached to an aromatic ring is 1. The lowest BCUT2D eigenvalue weighted by molar-refractivity contribution is 0.913. The molecule has 0 heterocycles. The molecule has 0 radical (unpaired) electrons. The highest BCUT2D eigenvalue weighted by molar-refractivity contribution is 5.85. The van der Waals surface area contributed by atoms with Crippen LogP contribution in [0.25, 0.3) is 0 Å². The van der Waals surface area contributed by atoms with Gasteiger partial charge in [-0.25, -0.2) is 0 Å². The molecule has 0 aliphatic rings. The summed E-state index contributed by atoms with van der Waals surface area (Å²) in [4.78, 5) is 0. The van der Waals surface area contributed by atoms with Crippen molar-refractivity contribution in [3.8, 4) is 0 Å². The maximum absolute atomic E-state index is 5.75. The lowest BCUT2D eigenvalue weighted by atomic mass is 10.0. The maximum Gasteiger partial charge on any atom is 0.0346 e. The third-order valence-electron chi connectivity index (χ3n) is 2.01. The monoisotopic (exact) mass is 185 g/mol. The lowest BCUT2D eigenvalue weighted by Crippen LogP contribution is -1.94. The maximum atomic E-state index is 5.75. The van der Waals surface area contributed by atoms with Crippen molar-refractivity contribution in [1.82, 2.24) is 0 Å². The Bertz CT molecular complexity index is 246. The summed E-state index contributed by atoms with van der Waals surface area (Å²) < 4.78 is 0. The van der Waals surface area contributed by atoms with Crippen LogP contribution in [-0.2, 0) is 6.42 Å². The fourth-order valence-corrected chi connectivity index (χ4v) is 1.24. The summed E-state index contributed by atoms with van der Waals surface area (Å²) >= 11 is 0. The Morgan fingerprint density at radius 1 is 1.33 bits per heavy atom. The minimum absolute atomic E-state index is 0. The van der Waals surface area contributed by atoms with E-state index in [1.165, 1.54) is 17.5 Å². The molecule has 0 atom stereocenters. The van der Waals surface area contributed by atoms with E-state index in [9.17, 15) is 0 Å². The second-order valence-corrected chi connectivity index (χ2v) is 2.88. The Hall–Kier alpha value is -0.690. The van der Waals surface area contributed by atoms with Crippen molar-refractivity contribution < 1.29 is 0 Å². The first-order valence-electron chi connectivity index (χ1n) is 4.09. The molecule has 0 unspecified atom stereocenters. The molecule has 1 nitrogen and oxygen atoms in total. The van der Waals surface area contributed by atoms with Crippen LogP contribution in [0.3, 0.4) is 0 Å². The van der Waals surface area contributed by atoms with Gasteiger partial charge in [-0.05, 0) is 30.5 Å². The molecule has 2 N–H and O–H groups in total. The van der Waals surface area contributed by atoms with Gasteiger partial charge in [0.25, 0.3) is 0 Å². The summed E-state index contributed by atoms with van der Waals surface area (Å²) in [5.74, 6) is 0. The minimum Gasteiger partial charge on any atom is -0.399 e. The molecule has 0 spiro atoms. The Morgan fingerprint density at radius 3 is 2.58 bits per heavy atom. The van der Waals surface area contributed by atoms with Gasteiger partial charge in [-0.1, -0.05) is 25.5 Å². The summed E-state index contributed by atoms with van der Waals surface area (Å²) in [6, 6.07) is 6.12. The van der Waals surface area contributed by atoms with Crippen LogP contribution in [0, 0.1) is 6.92 Å². The minimum atomic E-state index is 0. The van der Waals surface area contributed by atoms with E-state index in [4.69, 9.17) is 5.73 Å². The first-order valence-corrected chi connectivity index (χ1v) is 4.09. The molecule has 1 rings (SSSR count). The number of aryl methyl sites for hydroxylation is 1. The molecule has 0 fully saturated rings. The van der Waals surface area contributed by atoms with Crippen LogP contribution in [0.4, 0.5) is 5.69 Å². The lowest BCUT2D eigenvalue weighted by Gasteiger charge is -2.05. The van der Waals surface area contributed by atoms with Gasteiger partial charge in [-0.2, -0.15) is 0 Å². The van der Waals surface area contributed by atoms with E-state index in [-0.39, 0.29) is 12.4 Å². The molecular weight excluding hydrogens is 170 g/mol. The van der Waals surface area contributed by atoms with Crippen molar-refractivity contribution in [3.63, 3.8) is 0 Å². The SMILES string of the molecule is CCCc1cccc(N)c1C.Cl. The molecule has 0 aliphatic heterocycles. The van der Waals surface area contributed by atoms with E-state index in [2.05, 4.69) is 19.9 Å². The number of nitrogens with two attached hydrogens (primary N) is 1. The van der Waals surface area contributed by atoms with Crippen LogP contribution < -0.4 is 5.73 Å². The van der Waals surface area contributed by atoms with Crippen molar-refractivity contribution in [3.05, 3.63) is 29.3 Å². The number of halogens is 1. The van der Waals surface area contributed by atoms with E-state index in [1.54, 1.807) is 0 Å². The van der Waals surface area contributed by atoms with E-state index < -0.39 is 0 Å². The summed E-state index contributed by atoms with van der Waals surface area (Å²) in [6.45, 7) is 4.27. The second kappa shape index (κ2) is 5.04. The number of hydrogen-bond acceptors (Lipinski definition) is 1. The van der Waals surface area contributed by atoms with Crippen molar-refractivity contribution in [2.75, 3.05) is 5.73 Å². The van der Waals surface area contributed by atoms with Crippen molar-refractivity contribution in [1.29, 1.82) is 0 Å². The number of anilines is 1. The van der Waals surface area contributed by atoms with Gasteiger partial charge in [0, 0.05) is 5.69 Å². The quantitative estimate of drug-likeness (QED) is 0.705. The zero-order valence-corrected chi connectivity index (χ0v) is 8.45. The summed E-state index contributed by atoms with van der Waals surface area (Å²) in [5, 5.41) is 0. The first-order chi connectivity index (χ1) is 5.25. The predicted molar refractivity (Wildman–Crippen MR) is 56.8 cm³/mol. The van der Waals surface area contributed by atoms with Crippen LogP contribution in [0.5, 0.6) is 0 Å². The van der Waals surface area contributed by atoms with Crippen molar-refractivity contribution in [2.45, 2.75) is 26.7 Å². The van der Waals surface area contributed by atoms with Gasteiger partial charge in [-0.15, -0.1) is 12.4 Å². The molecule has 0 saturated carbocycles.